The predicted octanol–water partition coefficient (Wildman–Crippen LogP) is 1.73. The Bertz CT molecular complexity index is 602. The lowest BCUT2D eigenvalue weighted by molar-refractivity contribution is 0.133. The minimum Gasteiger partial charge on any atom is -0.370 e. The van der Waals surface area contributed by atoms with Crippen molar-refractivity contribution in [2.75, 3.05) is 6.54 Å². The molecule has 0 spiro atoms. The first-order valence-electron chi connectivity index (χ1n) is 6.14. The van der Waals surface area contributed by atoms with Crippen molar-refractivity contribution in [3.8, 4) is 0 Å². The third-order valence-corrected chi connectivity index (χ3v) is 3.74. The van der Waals surface area contributed by atoms with Gasteiger partial charge in [0.1, 0.15) is 5.65 Å². The molecular formula is C13H15N3O. The van der Waals surface area contributed by atoms with E-state index >= 15 is 0 Å². The van der Waals surface area contributed by atoms with Crippen molar-refractivity contribution in [2.45, 2.75) is 32.7 Å². The van der Waals surface area contributed by atoms with Crippen LogP contribution in [0, 0.1) is 0 Å². The summed E-state index contributed by atoms with van der Waals surface area (Å²) in [4.78, 5) is 4.79. The minimum absolute atomic E-state index is 0.476. The average Bonchev–Trinajstić information content (AvgIpc) is 2.88. The lowest BCUT2D eigenvalue weighted by atomic mass is 10.2. The van der Waals surface area contributed by atoms with E-state index in [9.17, 15) is 0 Å². The Hall–Kier alpha value is -1.39. The highest BCUT2D eigenvalue weighted by atomic mass is 16.5. The van der Waals surface area contributed by atoms with Gasteiger partial charge in [0.05, 0.1) is 18.9 Å². The number of nitrogens with zero attached hydrogens (tertiary/aromatic N) is 2. The Balaban J connectivity index is 2.02. The van der Waals surface area contributed by atoms with E-state index in [4.69, 9.17) is 9.72 Å². The Morgan fingerprint density at radius 3 is 3.29 bits per heavy atom. The van der Waals surface area contributed by atoms with Gasteiger partial charge in [-0.1, -0.05) is 0 Å². The highest BCUT2D eigenvalue weighted by molar-refractivity contribution is 5.79. The summed E-state index contributed by atoms with van der Waals surface area (Å²) < 4.78 is 7.81. The number of aromatic nitrogens is 2. The van der Waals surface area contributed by atoms with E-state index in [0.717, 1.165) is 24.4 Å². The first kappa shape index (κ1) is 9.62. The average molecular weight is 229 g/mol. The van der Waals surface area contributed by atoms with E-state index in [1.54, 1.807) is 0 Å². The molecule has 1 atom stereocenters. The van der Waals surface area contributed by atoms with Crippen molar-refractivity contribution in [3.63, 3.8) is 0 Å². The molecule has 0 fully saturated rings. The summed E-state index contributed by atoms with van der Waals surface area (Å²) in [6, 6.07) is 4.97. The molecule has 0 saturated heterocycles. The summed E-state index contributed by atoms with van der Waals surface area (Å²) in [5.41, 5.74) is 4.83. The smallest absolute Gasteiger partial charge is 0.140 e. The van der Waals surface area contributed by atoms with E-state index in [1.807, 2.05) is 0 Å². The van der Waals surface area contributed by atoms with Crippen LogP contribution < -0.4 is 5.32 Å². The number of hydrogen-bond acceptors (Lipinski definition) is 3. The lowest BCUT2D eigenvalue weighted by Gasteiger charge is -2.24. The second-order valence-electron chi connectivity index (χ2n) is 4.99. The topological polar surface area (TPSA) is 39.1 Å². The van der Waals surface area contributed by atoms with Crippen LogP contribution in [0.2, 0.25) is 0 Å². The molecule has 0 saturated carbocycles. The van der Waals surface area contributed by atoms with Gasteiger partial charge in [0.15, 0.2) is 0 Å². The predicted molar refractivity (Wildman–Crippen MR) is 64.6 cm³/mol. The van der Waals surface area contributed by atoms with Crippen molar-refractivity contribution in [1.82, 2.24) is 14.9 Å². The number of fused-ring (bicyclic) bond motifs is 4. The van der Waals surface area contributed by atoms with Gasteiger partial charge in [-0.15, -0.1) is 0 Å². The monoisotopic (exact) mass is 229 g/mol. The van der Waals surface area contributed by atoms with Crippen LogP contribution in [0.1, 0.15) is 29.9 Å². The number of hydrogen-bond donors (Lipinski definition) is 1. The second-order valence-corrected chi connectivity index (χ2v) is 4.99. The maximum absolute atomic E-state index is 5.44. The standard InChI is InChI=1S/C13H15N3O/c1-8-4-14-5-11-3-9-2-10-6-17-7-12(10)15-13(9)16(8)11/h2-3,8,14H,4-7H2,1H3/t8-/m1/s1. The Kier molecular flexibility index (Phi) is 1.87. The van der Waals surface area contributed by atoms with Crippen LogP contribution in [0.4, 0.5) is 0 Å². The summed E-state index contributed by atoms with van der Waals surface area (Å²) in [5.74, 6) is 0. The Morgan fingerprint density at radius 1 is 1.41 bits per heavy atom. The van der Waals surface area contributed by atoms with Gasteiger partial charge in [-0.3, -0.25) is 0 Å². The van der Waals surface area contributed by atoms with Gasteiger partial charge in [-0.2, -0.15) is 0 Å². The Morgan fingerprint density at radius 2 is 2.35 bits per heavy atom. The zero-order valence-electron chi connectivity index (χ0n) is 9.86. The largest absolute Gasteiger partial charge is 0.370 e. The fourth-order valence-electron chi connectivity index (χ4n) is 2.92. The van der Waals surface area contributed by atoms with Crippen LogP contribution in [0.3, 0.4) is 0 Å². The molecule has 0 amide bonds. The van der Waals surface area contributed by atoms with E-state index < -0.39 is 0 Å². The summed E-state index contributed by atoms with van der Waals surface area (Å²) >= 11 is 0. The van der Waals surface area contributed by atoms with Gasteiger partial charge in [0.25, 0.3) is 0 Å². The molecule has 2 aromatic heterocycles. The molecule has 4 heterocycles. The molecule has 2 aromatic rings. The molecule has 0 aromatic carbocycles. The van der Waals surface area contributed by atoms with Crippen LogP contribution in [0.15, 0.2) is 12.1 Å². The van der Waals surface area contributed by atoms with Crippen molar-refractivity contribution >= 4 is 11.0 Å². The molecule has 17 heavy (non-hydrogen) atoms. The van der Waals surface area contributed by atoms with E-state index in [0.29, 0.717) is 19.3 Å². The number of ether oxygens (including phenoxy) is 1. The van der Waals surface area contributed by atoms with E-state index in [-0.39, 0.29) is 0 Å². The summed E-state index contributed by atoms with van der Waals surface area (Å²) in [7, 11) is 0. The van der Waals surface area contributed by atoms with E-state index in [1.165, 1.54) is 16.6 Å². The Labute approximate surface area is 99.6 Å². The third-order valence-electron chi connectivity index (χ3n) is 3.74. The number of nitrogens with one attached hydrogen (secondary N) is 1. The zero-order valence-corrected chi connectivity index (χ0v) is 9.86. The van der Waals surface area contributed by atoms with Crippen LogP contribution in [0.25, 0.3) is 11.0 Å². The van der Waals surface area contributed by atoms with Gasteiger partial charge < -0.3 is 14.6 Å². The van der Waals surface area contributed by atoms with Gasteiger partial charge in [0.2, 0.25) is 0 Å². The van der Waals surface area contributed by atoms with E-state index in [2.05, 4.69) is 28.9 Å². The molecule has 88 valence electrons. The third kappa shape index (κ3) is 1.28. The molecule has 4 heteroatoms. The highest BCUT2D eigenvalue weighted by Crippen LogP contribution is 2.29. The molecule has 0 unspecified atom stereocenters. The maximum atomic E-state index is 5.44. The lowest BCUT2D eigenvalue weighted by Crippen LogP contribution is -2.31. The maximum Gasteiger partial charge on any atom is 0.140 e. The molecule has 1 N–H and O–H groups in total. The number of rotatable bonds is 0. The van der Waals surface area contributed by atoms with Crippen molar-refractivity contribution in [3.05, 3.63) is 29.1 Å². The summed E-state index contributed by atoms with van der Waals surface area (Å²) in [6.07, 6.45) is 0. The fourth-order valence-corrected chi connectivity index (χ4v) is 2.92. The summed E-state index contributed by atoms with van der Waals surface area (Å²) in [5, 5.41) is 4.69. The molecule has 0 radical (unpaired) electrons. The van der Waals surface area contributed by atoms with Crippen molar-refractivity contribution in [2.24, 2.45) is 0 Å². The van der Waals surface area contributed by atoms with Crippen LogP contribution in [-0.4, -0.2) is 16.1 Å². The normalized spacial score (nSPS) is 22.8. The first-order valence-corrected chi connectivity index (χ1v) is 6.14. The first-order chi connectivity index (χ1) is 8.33. The minimum atomic E-state index is 0.476. The second kappa shape index (κ2) is 3.31. The molecule has 0 aliphatic carbocycles. The highest BCUT2D eigenvalue weighted by Gasteiger charge is 2.22. The number of pyridine rings is 1. The molecule has 2 aliphatic heterocycles. The molecular weight excluding hydrogens is 214 g/mol. The molecule has 4 nitrogen and oxygen atoms in total. The summed E-state index contributed by atoms with van der Waals surface area (Å²) in [6.45, 7) is 5.58. The fraction of sp³-hybridized carbons (Fsp3) is 0.462. The zero-order chi connectivity index (χ0) is 11.4. The van der Waals surface area contributed by atoms with Crippen molar-refractivity contribution in [1.29, 1.82) is 0 Å². The van der Waals surface area contributed by atoms with Crippen molar-refractivity contribution < 1.29 is 4.74 Å². The molecule has 4 rings (SSSR count). The molecule has 0 bridgehead atoms. The van der Waals surface area contributed by atoms with Crippen LogP contribution >= 0.6 is 0 Å². The SMILES string of the molecule is C[C@@H]1CNCc2cc3cc4c(nc3n21)COC4. The quantitative estimate of drug-likeness (QED) is 0.747. The van der Waals surface area contributed by atoms with Crippen LogP contribution in [-0.2, 0) is 24.5 Å². The van der Waals surface area contributed by atoms with Gasteiger partial charge in [-0.25, -0.2) is 4.98 Å². The van der Waals surface area contributed by atoms with Gasteiger partial charge in [0, 0.05) is 35.8 Å². The van der Waals surface area contributed by atoms with Crippen LogP contribution in [0.5, 0.6) is 0 Å². The van der Waals surface area contributed by atoms with Gasteiger partial charge in [-0.05, 0) is 19.1 Å². The molecule has 2 aliphatic rings. The van der Waals surface area contributed by atoms with Gasteiger partial charge >= 0.3 is 0 Å².